The Morgan fingerprint density at radius 2 is 1.33 bits per heavy atom. The molecule has 0 aromatic heterocycles. The maximum absolute atomic E-state index is 13.3. The first-order valence-electron chi connectivity index (χ1n) is 15.2. The van der Waals surface area contributed by atoms with Crippen LogP contribution in [0.5, 0.6) is 0 Å². The molecule has 0 saturated carbocycles. The van der Waals surface area contributed by atoms with Crippen LogP contribution in [0.1, 0.15) is 117 Å². The number of aryl methyl sites for hydroxylation is 1. The molecule has 0 saturated heterocycles. The summed E-state index contributed by atoms with van der Waals surface area (Å²) in [5, 5.41) is 19.4. The van der Waals surface area contributed by atoms with Crippen molar-refractivity contribution in [3.8, 4) is 0 Å². The largest absolute Gasteiger partial charge is 0.411 e. The van der Waals surface area contributed by atoms with Crippen molar-refractivity contribution in [1.82, 2.24) is 0 Å². The Balaban J connectivity index is 3.00. The number of hydrogen-bond donors (Lipinski definition) is 2. The molecule has 0 radical (unpaired) electrons. The van der Waals surface area contributed by atoms with Gasteiger partial charge in [-0.2, -0.15) is 8.42 Å². The van der Waals surface area contributed by atoms with Crippen LogP contribution in [-0.4, -0.2) is 51.9 Å². The Labute approximate surface area is 241 Å². The summed E-state index contributed by atoms with van der Waals surface area (Å²) >= 11 is 0. The van der Waals surface area contributed by atoms with Gasteiger partial charge in [-0.1, -0.05) is 110 Å². The zero-order chi connectivity index (χ0) is 29.5. The van der Waals surface area contributed by atoms with Gasteiger partial charge in [0.15, 0.2) is 8.32 Å². The summed E-state index contributed by atoms with van der Waals surface area (Å²) in [4.78, 5) is 0.116. The molecule has 0 heterocycles. The van der Waals surface area contributed by atoms with Crippen LogP contribution in [0.25, 0.3) is 0 Å². The topological polar surface area (TPSA) is 93.1 Å². The first kappa shape index (κ1) is 36.3. The van der Waals surface area contributed by atoms with E-state index in [1.807, 2.05) is 6.92 Å². The lowest BCUT2D eigenvalue weighted by molar-refractivity contribution is 0.0190. The SMILES string of the molecule is CCCCCCCCCCCC[C@@H](O[Si](C)(C)C(C)(C)C)[C@@H](CC[C@H](O)CO)OS(=O)(=O)c1ccc(C)cc1. The molecule has 0 fully saturated rings. The van der Waals surface area contributed by atoms with Gasteiger partial charge in [-0.25, -0.2) is 0 Å². The normalized spacial score (nSPS) is 15.3. The first-order valence-corrected chi connectivity index (χ1v) is 19.5. The second kappa shape index (κ2) is 17.9. The van der Waals surface area contributed by atoms with Crippen molar-refractivity contribution in [2.24, 2.45) is 0 Å². The number of benzene rings is 1. The fraction of sp³-hybridized carbons (Fsp3) is 0.806. The second-order valence-electron chi connectivity index (χ2n) is 12.7. The summed E-state index contributed by atoms with van der Waals surface area (Å²) in [6.45, 7) is 14.6. The summed E-state index contributed by atoms with van der Waals surface area (Å²) in [6.07, 6.45) is 11.4. The molecule has 8 heteroatoms. The lowest BCUT2D eigenvalue weighted by Gasteiger charge is -2.41. The van der Waals surface area contributed by atoms with Crippen molar-refractivity contribution in [3.05, 3.63) is 29.8 Å². The van der Waals surface area contributed by atoms with Crippen LogP contribution in [0.15, 0.2) is 29.2 Å². The number of unbranched alkanes of at least 4 members (excludes halogenated alkanes) is 9. The van der Waals surface area contributed by atoms with E-state index in [9.17, 15) is 18.6 Å². The lowest BCUT2D eigenvalue weighted by atomic mass is 10.00. The van der Waals surface area contributed by atoms with Gasteiger partial charge in [0.25, 0.3) is 10.1 Å². The van der Waals surface area contributed by atoms with Crippen LogP contribution >= 0.6 is 0 Å². The van der Waals surface area contributed by atoms with Gasteiger partial charge < -0.3 is 14.6 Å². The molecular weight excluding hydrogens is 528 g/mol. The minimum Gasteiger partial charge on any atom is -0.411 e. The van der Waals surface area contributed by atoms with Crippen molar-refractivity contribution in [1.29, 1.82) is 0 Å². The van der Waals surface area contributed by atoms with E-state index in [2.05, 4.69) is 40.8 Å². The van der Waals surface area contributed by atoms with Crippen LogP contribution in [0.2, 0.25) is 18.1 Å². The summed E-state index contributed by atoms with van der Waals surface area (Å²) in [5.74, 6) is 0. The molecule has 0 unspecified atom stereocenters. The zero-order valence-electron chi connectivity index (χ0n) is 25.9. The Bertz CT molecular complexity index is 879. The molecule has 1 aromatic rings. The van der Waals surface area contributed by atoms with E-state index in [0.717, 1.165) is 24.8 Å². The molecule has 1 rings (SSSR count). The van der Waals surface area contributed by atoms with Crippen molar-refractivity contribution in [2.45, 2.75) is 159 Å². The standard InChI is InChI=1S/C31H58O6SSi/c1-8-9-10-11-12-13-14-15-16-17-18-30(37-39(6,7)31(3,4)5)29(24-21-27(33)25-32)36-38(34,35)28-22-19-26(2)20-23-28/h19-20,22-23,27,29-30,32-33H,8-18,21,24-25H2,1-7H3/t27-,29+,30+/m0/s1. The predicted octanol–water partition coefficient (Wildman–Crippen LogP) is 7.90. The maximum Gasteiger partial charge on any atom is 0.297 e. The number of aliphatic hydroxyl groups excluding tert-OH is 2. The third-order valence-electron chi connectivity index (χ3n) is 8.06. The number of aliphatic hydroxyl groups is 2. The monoisotopic (exact) mass is 586 g/mol. The maximum atomic E-state index is 13.3. The van der Waals surface area contributed by atoms with E-state index < -0.39 is 36.7 Å². The summed E-state index contributed by atoms with van der Waals surface area (Å²) < 4.78 is 39.3. The highest BCUT2D eigenvalue weighted by Crippen LogP contribution is 2.39. The van der Waals surface area contributed by atoms with E-state index in [1.54, 1.807) is 24.3 Å². The highest BCUT2D eigenvalue weighted by atomic mass is 32.2. The van der Waals surface area contributed by atoms with E-state index in [-0.39, 0.29) is 29.4 Å². The third-order valence-corrected chi connectivity index (χ3v) is 13.9. The van der Waals surface area contributed by atoms with Gasteiger partial charge in [0.2, 0.25) is 0 Å². The first-order chi connectivity index (χ1) is 18.2. The molecule has 39 heavy (non-hydrogen) atoms. The number of rotatable bonds is 21. The molecule has 3 atom stereocenters. The van der Waals surface area contributed by atoms with Crippen LogP contribution < -0.4 is 0 Å². The number of hydrogen-bond acceptors (Lipinski definition) is 6. The Kier molecular flexibility index (Phi) is 16.6. The molecule has 1 aromatic carbocycles. The highest BCUT2D eigenvalue weighted by Gasteiger charge is 2.42. The quantitative estimate of drug-likeness (QED) is 0.0864. The summed E-state index contributed by atoms with van der Waals surface area (Å²) in [7, 11) is -6.27. The summed E-state index contributed by atoms with van der Waals surface area (Å²) in [5.41, 5.74) is 0.969. The molecule has 0 aliphatic carbocycles. The fourth-order valence-corrected chi connectivity index (χ4v) is 6.88. The molecule has 2 N–H and O–H groups in total. The zero-order valence-corrected chi connectivity index (χ0v) is 27.7. The Morgan fingerprint density at radius 1 is 0.821 bits per heavy atom. The van der Waals surface area contributed by atoms with Gasteiger partial charge in [0, 0.05) is 0 Å². The molecule has 6 nitrogen and oxygen atoms in total. The van der Waals surface area contributed by atoms with Gasteiger partial charge in [-0.05, 0) is 56.5 Å². The highest BCUT2D eigenvalue weighted by molar-refractivity contribution is 7.86. The predicted molar refractivity (Wildman–Crippen MR) is 164 cm³/mol. The van der Waals surface area contributed by atoms with E-state index in [0.29, 0.717) is 6.42 Å². The minimum absolute atomic E-state index is 0.0476. The Hall–Kier alpha value is -0.773. The molecule has 0 aliphatic heterocycles. The van der Waals surface area contributed by atoms with Crippen molar-refractivity contribution in [3.63, 3.8) is 0 Å². The van der Waals surface area contributed by atoms with Gasteiger partial charge in [-0.3, -0.25) is 4.18 Å². The molecule has 0 amide bonds. The van der Waals surface area contributed by atoms with Crippen LogP contribution in [0.4, 0.5) is 0 Å². The molecule has 0 spiro atoms. The second-order valence-corrected chi connectivity index (χ2v) is 19.0. The van der Waals surface area contributed by atoms with Gasteiger partial charge >= 0.3 is 0 Å². The Morgan fingerprint density at radius 3 is 1.82 bits per heavy atom. The lowest BCUT2D eigenvalue weighted by Crippen LogP contribution is -2.48. The van der Waals surface area contributed by atoms with Gasteiger partial charge in [-0.15, -0.1) is 0 Å². The average Bonchev–Trinajstić information content (AvgIpc) is 2.86. The van der Waals surface area contributed by atoms with Gasteiger partial charge in [0.05, 0.1) is 23.7 Å². The molecule has 0 bridgehead atoms. The molecule has 0 aliphatic rings. The van der Waals surface area contributed by atoms with E-state index in [1.165, 1.54) is 44.9 Å². The smallest absolute Gasteiger partial charge is 0.297 e. The molecular formula is C31H58O6SSi. The van der Waals surface area contributed by atoms with E-state index >= 15 is 0 Å². The fourth-order valence-electron chi connectivity index (χ4n) is 4.38. The van der Waals surface area contributed by atoms with E-state index in [4.69, 9.17) is 8.61 Å². The molecule has 228 valence electrons. The van der Waals surface area contributed by atoms with Crippen LogP contribution in [-0.2, 0) is 18.7 Å². The van der Waals surface area contributed by atoms with Crippen molar-refractivity contribution in [2.75, 3.05) is 6.61 Å². The van der Waals surface area contributed by atoms with Crippen molar-refractivity contribution < 1.29 is 27.2 Å². The van der Waals surface area contributed by atoms with Crippen LogP contribution in [0.3, 0.4) is 0 Å². The average molecular weight is 587 g/mol. The third kappa shape index (κ3) is 14.1. The van der Waals surface area contributed by atoms with Crippen LogP contribution in [0, 0.1) is 6.92 Å². The summed E-state index contributed by atoms with van der Waals surface area (Å²) in [6, 6.07) is 6.65. The van der Waals surface area contributed by atoms with Gasteiger partial charge in [0.1, 0.15) is 6.10 Å². The van der Waals surface area contributed by atoms with Crippen molar-refractivity contribution >= 4 is 18.4 Å². The minimum atomic E-state index is -4.03.